The lowest BCUT2D eigenvalue weighted by Gasteiger charge is -2.12. The van der Waals surface area contributed by atoms with Gasteiger partial charge in [0.2, 0.25) is 0 Å². The van der Waals surface area contributed by atoms with Gasteiger partial charge in [0.25, 0.3) is 0 Å². The van der Waals surface area contributed by atoms with Crippen molar-refractivity contribution in [1.29, 1.82) is 0 Å². The molecule has 3 aromatic rings. The van der Waals surface area contributed by atoms with Crippen molar-refractivity contribution in [1.82, 2.24) is 5.43 Å². The van der Waals surface area contributed by atoms with Crippen LogP contribution in [0.5, 0.6) is 0 Å². The zero-order chi connectivity index (χ0) is 14.1. The first kappa shape index (κ1) is 14.0. The molecule has 0 radical (unpaired) electrons. The fraction of sp³-hybridized carbons (Fsp3) is 0.143. The molecular weight excluding hydrogens is 315 g/mol. The molecule has 3 N–H and O–H groups in total. The minimum Gasteiger partial charge on any atom is -0.271 e. The molecule has 0 aliphatic heterocycles. The van der Waals surface area contributed by atoms with Crippen LogP contribution in [0.3, 0.4) is 0 Å². The molecule has 2 heterocycles. The van der Waals surface area contributed by atoms with E-state index in [-0.39, 0.29) is 11.9 Å². The van der Waals surface area contributed by atoms with Crippen molar-refractivity contribution in [2.24, 2.45) is 5.84 Å². The third kappa shape index (κ3) is 2.87. The highest BCUT2D eigenvalue weighted by molar-refractivity contribution is 7.19. The molecule has 0 amide bonds. The number of rotatable bonds is 4. The number of benzene rings is 1. The van der Waals surface area contributed by atoms with E-state index in [1.54, 1.807) is 34.8 Å². The van der Waals surface area contributed by atoms with Gasteiger partial charge in [-0.3, -0.25) is 11.3 Å². The Morgan fingerprint density at radius 1 is 1.20 bits per heavy atom. The number of hydrogen-bond acceptors (Lipinski definition) is 4. The zero-order valence-corrected chi connectivity index (χ0v) is 12.8. The lowest BCUT2D eigenvalue weighted by molar-refractivity contribution is 0.564. The molecule has 0 bridgehead atoms. The lowest BCUT2D eigenvalue weighted by Crippen LogP contribution is -2.28. The van der Waals surface area contributed by atoms with Gasteiger partial charge in [-0.2, -0.15) is 0 Å². The number of hydrazine groups is 1. The molecule has 1 aromatic carbocycles. The highest BCUT2D eigenvalue weighted by atomic mass is 35.5. The van der Waals surface area contributed by atoms with E-state index in [1.165, 1.54) is 10.9 Å². The lowest BCUT2D eigenvalue weighted by atomic mass is 10.1. The van der Waals surface area contributed by atoms with Crippen LogP contribution in [0, 0.1) is 5.82 Å². The molecule has 6 heteroatoms. The number of nitrogens with one attached hydrogen (secondary N) is 1. The number of halogens is 2. The van der Waals surface area contributed by atoms with E-state index in [4.69, 9.17) is 17.4 Å². The first-order valence-corrected chi connectivity index (χ1v) is 8.06. The number of nitrogens with two attached hydrogens (primary N) is 1. The predicted octanol–water partition coefficient (Wildman–Crippen LogP) is 4.50. The normalized spacial score (nSPS) is 12.9. The molecule has 1 atom stereocenters. The average molecular weight is 327 g/mol. The van der Waals surface area contributed by atoms with E-state index in [0.29, 0.717) is 0 Å². The Kier molecular flexibility index (Phi) is 4.05. The van der Waals surface area contributed by atoms with Crippen LogP contribution in [-0.2, 0) is 6.42 Å². The minimum absolute atomic E-state index is 0.00479. The Hall–Kier alpha value is -0.980. The van der Waals surface area contributed by atoms with Crippen LogP contribution in [-0.4, -0.2) is 0 Å². The molecule has 0 spiro atoms. The van der Waals surface area contributed by atoms with E-state index in [0.717, 1.165) is 25.7 Å². The smallest absolute Gasteiger partial charge is 0.124 e. The quantitative estimate of drug-likeness (QED) is 0.547. The highest BCUT2D eigenvalue weighted by Gasteiger charge is 2.15. The van der Waals surface area contributed by atoms with E-state index >= 15 is 0 Å². The molecule has 0 saturated carbocycles. The van der Waals surface area contributed by atoms with E-state index in [9.17, 15) is 4.39 Å². The van der Waals surface area contributed by atoms with Crippen molar-refractivity contribution >= 4 is 44.4 Å². The topological polar surface area (TPSA) is 38.0 Å². The summed E-state index contributed by atoms with van der Waals surface area (Å²) < 4.78 is 14.9. The molecule has 20 heavy (non-hydrogen) atoms. The Labute approximate surface area is 129 Å². The fourth-order valence-electron chi connectivity index (χ4n) is 2.10. The summed E-state index contributed by atoms with van der Waals surface area (Å²) in [7, 11) is 0. The molecular formula is C14H12ClFN2S2. The molecule has 0 aliphatic rings. The maximum atomic E-state index is 13.2. The molecule has 0 saturated heterocycles. The van der Waals surface area contributed by atoms with Crippen molar-refractivity contribution in [2.75, 3.05) is 0 Å². The van der Waals surface area contributed by atoms with E-state index in [2.05, 4.69) is 11.5 Å². The summed E-state index contributed by atoms with van der Waals surface area (Å²) in [6.45, 7) is 0. The number of hydrogen-bond donors (Lipinski definition) is 2. The predicted molar refractivity (Wildman–Crippen MR) is 84.9 cm³/mol. The van der Waals surface area contributed by atoms with Crippen LogP contribution in [0.4, 0.5) is 4.39 Å². The first-order valence-electron chi connectivity index (χ1n) is 6.05. The van der Waals surface area contributed by atoms with Crippen molar-refractivity contribution < 1.29 is 4.39 Å². The minimum atomic E-state index is -0.215. The molecule has 0 fully saturated rings. The second-order valence-electron chi connectivity index (χ2n) is 4.46. The molecule has 104 valence electrons. The molecule has 2 aromatic heterocycles. The fourth-order valence-corrected chi connectivity index (χ4v) is 4.38. The Morgan fingerprint density at radius 2 is 2.05 bits per heavy atom. The maximum absolute atomic E-state index is 13.2. The second kappa shape index (κ2) is 5.79. The van der Waals surface area contributed by atoms with Crippen LogP contribution < -0.4 is 11.3 Å². The Balaban J connectivity index is 1.90. The number of fused-ring (bicyclic) bond motifs is 1. The summed E-state index contributed by atoms with van der Waals surface area (Å²) in [5, 5.41) is 1.04. The standard InChI is InChI=1S/C14H12ClFN2S2/c15-14-4-3-10(19-14)7-11(18-17)13-5-8-1-2-9(16)6-12(8)20-13/h1-6,11,18H,7,17H2. The van der Waals surface area contributed by atoms with Crippen LogP contribution in [0.2, 0.25) is 4.34 Å². The van der Waals surface area contributed by atoms with Crippen molar-refractivity contribution in [3.63, 3.8) is 0 Å². The van der Waals surface area contributed by atoms with Gasteiger partial charge in [-0.25, -0.2) is 4.39 Å². The van der Waals surface area contributed by atoms with Gasteiger partial charge in [0.05, 0.1) is 10.4 Å². The van der Waals surface area contributed by atoms with Gasteiger partial charge < -0.3 is 0 Å². The largest absolute Gasteiger partial charge is 0.271 e. The van der Waals surface area contributed by atoms with E-state index in [1.807, 2.05) is 12.1 Å². The number of thiophene rings is 2. The van der Waals surface area contributed by atoms with Gasteiger partial charge in [0.15, 0.2) is 0 Å². The highest BCUT2D eigenvalue weighted by Crippen LogP contribution is 2.33. The third-order valence-corrected chi connectivity index (χ3v) is 5.54. The Morgan fingerprint density at radius 3 is 2.75 bits per heavy atom. The summed E-state index contributed by atoms with van der Waals surface area (Å²) in [6.07, 6.45) is 0.767. The maximum Gasteiger partial charge on any atom is 0.124 e. The summed E-state index contributed by atoms with van der Waals surface area (Å²) >= 11 is 9.05. The van der Waals surface area contributed by atoms with E-state index < -0.39 is 0 Å². The summed E-state index contributed by atoms with van der Waals surface area (Å²) in [5.74, 6) is 5.45. The second-order valence-corrected chi connectivity index (χ2v) is 7.38. The third-order valence-electron chi connectivity index (χ3n) is 3.08. The van der Waals surface area contributed by atoms with Gasteiger partial charge in [-0.05, 0) is 35.7 Å². The summed E-state index contributed by atoms with van der Waals surface area (Å²) in [6, 6.07) is 10.8. The van der Waals surface area contributed by atoms with Crippen LogP contribution in [0.25, 0.3) is 10.1 Å². The van der Waals surface area contributed by atoms with Crippen molar-refractivity contribution in [3.05, 3.63) is 56.3 Å². The molecule has 3 rings (SSSR count). The van der Waals surface area contributed by atoms with Crippen LogP contribution >= 0.6 is 34.3 Å². The van der Waals surface area contributed by atoms with Crippen LogP contribution in [0.15, 0.2) is 36.4 Å². The first-order chi connectivity index (χ1) is 9.65. The molecule has 0 aliphatic carbocycles. The van der Waals surface area contributed by atoms with Gasteiger partial charge >= 0.3 is 0 Å². The average Bonchev–Trinajstić information content (AvgIpc) is 3.01. The summed E-state index contributed by atoms with van der Waals surface area (Å²) in [4.78, 5) is 2.26. The monoisotopic (exact) mass is 326 g/mol. The van der Waals surface area contributed by atoms with Gasteiger partial charge in [0.1, 0.15) is 5.82 Å². The molecule has 2 nitrogen and oxygen atoms in total. The van der Waals surface area contributed by atoms with Crippen molar-refractivity contribution in [2.45, 2.75) is 12.5 Å². The zero-order valence-electron chi connectivity index (χ0n) is 10.4. The van der Waals surface area contributed by atoms with Gasteiger partial charge in [0, 0.05) is 20.9 Å². The van der Waals surface area contributed by atoms with Crippen molar-refractivity contribution in [3.8, 4) is 0 Å². The molecule has 1 unspecified atom stereocenters. The van der Waals surface area contributed by atoms with Gasteiger partial charge in [-0.15, -0.1) is 22.7 Å². The van der Waals surface area contributed by atoms with Crippen LogP contribution in [0.1, 0.15) is 15.8 Å². The Bertz CT molecular complexity index is 738. The SMILES string of the molecule is NNC(Cc1ccc(Cl)s1)c1cc2ccc(F)cc2s1. The summed E-state index contributed by atoms with van der Waals surface area (Å²) in [5.41, 5.74) is 2.83. The van der Waals surface area contributed by atoms with Gasteiger partial charge in [-0.1, -0.05) is 17.7 Å².